The van der Waals surface area contributed by atoms with Gasteiger partial charge in [-0.3, -0.25) is 14.3 Å². The quantitative estimate of drug-likeness (QED) is 0.724. The van der Waals surface area contributed by atoms with Crippen molar-refractivity contribution in [3.63, 3.8) is 0 Å². The fourth-order valence-corrected chi connectivity index (χ4v) is 2.91. The van der Waals surface area contributed by atoms with Gasteiger partial charge in [0.2, 0.25) is 5.91 Å². The van der Waals surface area contributed by atoms with Gasteiger partial charge in [-0.05, 0) is 12.8 Å². The van der Waals surface area contributed by atoms with E-state index in [0.717, 1.165) is 0 Å². The van der Waals surface area contributed by atoms with E-state index >= 15 is 0 Å². The van der Waals surface area contributed by atoms with Gasteiger partial charge in [0, 0.05) is 40.6 Å². The monoisotopic (exact) mass is 266 g/mol. The van der Waals surface area contributed by atoms with Crippen molar-refractivity contribution in [2.75, 3.05) is 17.4 Å². The van der Waals surface area contributed by atoms with Crippen LogP contribution in [0.4, 0.5) is 4.79 Å². The molecule has 0 spiro atoms. The molecule has 1 rings (SSSR count). The summed E-state index contributed by atoms with van der Waals surface area (Å²) in [6.45, 7) is 0. The molecule has 3 amide bonds. The van der Waals surface area contributed by atoms with Gasteiger partial charge < -0.3 is 5.32 Å². The second-order valence-corrected chi connectivity index (χ2v) is 5.66. The summed E-state index contributed by atoms with van der Waals surface area (Å²) in [5.74, 6) is 1.04. The van der Waals surface area contributed by atoms with Crippen LogP contribution in [0.3, 0.4) is 0 Å². The molecule has 0 aromatic carbocycles. The molecule has 7 heteroatoms. The Balaban J connectivity index is 2.23. The Bertz CT molecular complexity index is 288. The van der Waals surface area contributed by atoms with E-state index in [1.165, 1.54) is 0 Å². The van der Waals surface area contributed by atoms with Crippen molar-refractivity contribution in [3.05, 3.63) is 0 Å². The van der Waals surface area contributed by atoms with Crippen LogP contribution in [-0.4, -0.2) is 39.6 Å². The third kappa shape index (κ3) is 4.94. The SMILES string of the molecule is O=C(CCCl)NC(=O)NC1CCS(=O)CC1. The van der Waals surface area contributed by atoms with Crippen molar-refractivity contribution >= 4 is 34.3 Å². The van der Waals surface area contributed by atoms with Crippen LogP contribution in [0.5, 0.6) is 0 Å². The van der Waals surface area contributed by atoms with Crippen LogP contribution in [-0.2, 0) is 15.6 Å². The molecule has 0 aromatic rings. The number of alkyl halides is 1. The molecule has 92 valence electrons. The molecule has 0 aromatic heterocycles. The Morgan fingerprint density at radius 2 is 1.94 bits per heavy atom. The third-order valence-corrected chi connectivity index (χ3v) is 3.87. The van der Waals surface area contributed by atoms with Crippen LogP contribution in [0.1, 0.15) is 19.3 Å². The topological polar surface area (TPSA) is 75.3 Å². The molecule has 1 aliphatic heterocycles. The molecule has 1 saturated heterocycles. The number of carbonyl (C=O) groups is 2. The molecule has 2 N–H and O–H groups in total. The molecule has 0 saturated carbocycles. The minimum atomic E-state index is -0.746. The highest BCUT2D eigenvalue weighted by molar-refractivity contribution is 7.85. The second kappa shape index (κ2) is 6.85. The van der Waals surface area contributed by atoms with Crippen LogP contribution in [0.25, 0.3) is 0 Å². The highest BCUT2D eigenvalue weighted by Crippen LogP contribution is 2.08. The number of urea groups is 1. The summed E-state index contributed by atoms with van der Waals surface area (Å²) in [5, 5.41) is 4.87. The predicted molar refractivity (Wildman–Crippen MR) is 62.9 cm³/mol. The van der Waals surface area contributed by atoms with Gasteiger partial charge in [-0.15, -0.1) is 11.6 Å². The summed E-state index contributed by atoms with van der Waals surface area (Å²) in [5.41, 5.74) is 0. The lowest BCUT2D eigenvalue weighted by Crippen LogP contribution is -2.46. The predicted octanol–water partition coefficient (Wildman–Crippen LogP) is 0.352. The Morgan fingerprint density at radius 3 is 2.50 bits per heavy atom. The molecule has 1 fully saturated rings. The Hall–Kier alpha value is -0.620. The summed E-state index contributed by atoms with van der Waals surface area (Å²) in [6.07, 6.45) is 1.52. The van der Waals surface area contributed by atoms with Gasteiger partial charge in [0.05, 0.1) is 0 Å². The molecule has 0 unspecified atom stereocenters. The van der Waals surface area contributed by atoms with Gasteiger partial charge >= 0.3 is 6.03 Å². The van der Waals surface area contributed by atoms with E-state index in [-0.39, 0.29) is 24.2 Å². The highest BCUT2D eigenvalue weighted by atomic mass is 35.5. The van der Waals surface area contributed by atoms with Crippen molar-refractivity contribution < 1.29 is 13.8 Å². The fraction of sp³-hybridized carbons (Fsp3) is 0.778. The Kier molecular flexibility index (Phi) is 5.76. The van der Waals surface area contributed by atoms with E-state index in [9.17, 15) is 13.8 Å². The number of nitrogens with one attached hydrogen (secondary N) is 2. The van der Waals surface area contributed by atoms with E-state index in [4.69, 9.17) is 11.6 Å². The highest BCUT2D eigenvalue weighted by Gasteiger charge is 2.19. The third-order valence-electron chi connectivity index (χ3n) is 2.30. The Labute approximate surface area is 102 Å². The van der Waals surface area contributed by atoms with Crippen molar-refractivity contribution in [2.24, 2.45) is 0 Å². The molecule has 0 radical (unpaired) electrons. The van der Waals surface area contributed by atoms with E-state index in [0.29, 0.717) is 24.3 Å². The van der Waals surface area contributed by atoms with Crippen molar-refractivity contribution in [2.45, 2.75) is 25.3 Å². The number of amides is 3. The van der Waals surface area contributed by atoms with Gasteiger partial charge in [-0.25, -0.2) is 4.79 Å². The molecule has 0 atom stereocenters. The lowest BCUT2D eigenvalue weighted by atomic mass is 10.2. The van der Waals surface area contributed by atoms with Crippen LogP contribution in [0.2, 0.25) is 0 Å². The van der Waals surface area contributed by atoms with Gasteiger partial charge in [-0.1, -0.05) is 0 Å². The number of halogens is 1. The molecule has 16 heavy (non-hydrogen) atoms. The summed E-state index contributed by atoms with van der Waals surface area (Å²) < 4.78 is 11.1. The number of imide groups is 1. The van der Waals surface area contributed by atoms with Crippen molar-refractivity contribution in [1.82, 2.24) is 10.6 Å². The van der Waals surface area contributed by atoms with Crippen LogP contribution < -0.4 is 10.6 Å². The zero-order valence-corrected chi connectivity index (χ0v) is 10.4. The van der Waals surface area contributed by atoms with E-state index in [1.54, 1.807) is 0 Å². The fourth-order valence-electron chi connectivity index (χ4n) is 1.43. The van der Waals surface area contributed by atoms with Gasteiger partial charge in [-0.2, -0.15) is 0 Å². The molecule has 5 nitrogen and oxygen atoms in total. The number of hydrogen-bond donors (Lipinski definition) is 2. The summed E-state index contributed by atoms with van der Waals surface area (Å²) in [6, 6.07) is -0.477. The minimum absolute atomic E-state index is 0.0153. The van der Waals surface area contributed by atoms with Crippen LogP contribution >= 0.6 is 11.6 Å². The first kappa shape index (κ1) is 13.4. The summed E-state index contributed by atoms with van der Waals surface area (Å²) in [7, 11) is -0.746. The number of hydrogen-bond acceptors (Lipinski definition) is 3. The normalized spacial score (nSPS) is 24.8. The maximum atomic E-state index is 11.3. The van der Waals surface area contributed by atoms with Gasteiger partial charge in [0.25, 0.3) is 0 Å². The lowest BCUT2D eigenvalue weighted by Gasteiger charge is -2.22. The van der Waals surface area contributed by atoms with Crippen molar-refractivity contribution in [1.29, 1.82) is 0 Å². The largest absolute Gasteiger partial charge is 0.335 e. The maximum absolute atomic E-state index is 11.3. The van der Waals surface area contributed by atoms with Crippen LogP contribution in [0, 0.1) is 0 Å². The van der Waals surface area contributed by atoms with E-state index in [2.05, 4.69) is 10.6 Å². The molecule has 1 aliphatic rings. The average molecular weight is 267 g/mol. The number of rotatable bonds is 3. The first-order valence-corrected chi connectivity index (χ1v) is 7.15. The smallest absolute Gasteiger partial charge is 0.321 e. The number of carbonyl (C=O) groups excluding carboxylic acids is 2. The van der Waals surface area contributed by atoms with Crippen molar-refractivity contribution in [3.8, 4) is 0 Å². The first-order chi connectivity index (χ1) is 7.61. The molecule has 0 aliphatic carbocycles. The molecule has 0 bridgehead atoms. The standard InChI is InChI=1S/C9H15ClN2O3S/c10-4-1-8(13)12-9(14)11-7-2-5-16(15)6-3-7/h7H,1-6H2,(H2,11,12,13,14). The zero-order chi connectivity index (χ0) is 12.0. The van der Waals surface area contributed by atoms with Gasteiger partial charge in [0.1, 0.15) is 0 Å². The van der Waals surface area contributed by atoms with E-state index < -0.39 is 16.8 Å². The lowest BCUT2D eigenvalue weighted by molar-refractivity contribution is -0.119. The van der Waals surface area contributed by atoms with E-state index in [1.807, 2.05) is 0 Å². The Morgan fingerprint density at radius 1 is 1.31 bits per heavy atom. The first-order valence-electron chi connectivity index (χ1n) is 5.13. The second-order valence-electron chi connectivity index (χ2n) is 3.58. The molecule has 1 heterocycles. The van der Waals surface area contributed by atoms with Gasteiger partial charge in [0.15, 0.2) is 0 Å². The van der Waals surface area contributed by atoms with Crippen LogP contribution in [0.15, 0.2) is 0 Å². The zero-order valence-electron chi connectivity index (χ0n) is 8.83. The minimum Gasteiger partial charge on any atom is -0.335 e. The summed E-state index contributed by atoms with van der Waals surface area (Å²) >= 11 is 5.36. The molecular formula is C9H15ClN2O3S. The maximum Gasteiger partial charge on any atom is 0.321 e. The molecular weight excluding hydrogens is 252 g/mol. The summed E-state index contributed by atoms with van der Waals surface area (Å²) in [4.78, 5) is 22.4. The average Bonchev–Trinajstić information content (AvgIpc) is 2.21.